The predicted molar refractivity (Wildman–Crippen MR) is 131 cm³/mol. The second-order valence-corrected chi connectivity index (χ2v) is 7.52. The van der Waals surface area contributed by atoms with Gasteiger partial charge in [-0.05, 0) is 42.8 Å². The van der Waals surface area contributed by atoms with E-state index in [1.165, 1.54) is 10.8 Å². The Hall–Kier alpha value is -4.46. The first-order valence-electron chi connectivity index (χ1n) is 10.6. The van der Waals surface area contributed by atoms with Crippen molar-refractivity contribution in [1.29, 1.82) is 0 Å². The van der Waals surface area contributed by atoms with E-state index in [1.54, 1.807) is 57.5 Å². The lowest BCUT2D eigenvalue weighted by atomic mass is 10.1. The molecule has 0 radical (unpaired) electrons. The smallest absolute Gasteiger partial charge is 0.263 e. The molecule has 3 aromatic carbocycles. The lowest BCUT2D eigenvalue weighted by molar-refractivity contribution is -0.123. The summed E-state index contributed by atoms with van der Waals surface area (Å²) in [6, 6.07) is 20.8. The summed E-state index contributed by atoms with van der Waals surface area (Å²) >= 11 is 0. The summed E-state index contributed by atoms with van der Waals surface area (Å²) in [4.78, 5) is 31.0. The summed E-state index contributed by atoms with van der Waals surface area (Å²) < 4.78 is 11.9. The first kappa shape index (κ1) is 22.7. The summed E-state index contributed by atoms with van der Waals surface area (Å²) in [5.41, 5.74) is 4.24. The van der Waals surface area contributed by atoms with Crippen molar-refractivity contribution in [3.8, 4) is 22.9 Å². The lowest BCUT2D eigenvalue weighted by Gasteiger charge is -2.18. The largest absolute Gasteiger partial charge is 0.493 e. The number of aromatic nitrogens is 2. The highest BCUT2D eigenvalue weighted by Gasteiger charge is 2.22. The van der Waals surface area contributed by atoms with Crippen LogP contribution < -0.4 is 20.5 Å². The molecular weight excluding hydrogens is 432 g/mol. The van der Waals surface area contributed by atoms with Crippen molar-refractivity contribution >= 4 is 23.0 Å². The molecule has 1 heterocycles. The second kappa shape index (κ2) is 9.99. The SMILES string of the molecule is COc1ccc(/C=N/NC(=O)[C@@H](C)n2c(-c3ccccc3)nc3ccccc3c2=O)cc1OC. The summed E-state index contributed by atoms with van der Waals surface area (Å²) in [6.45, 7) is 1.64. The van der Waals surface area contributed by atoms with Crippen molar-refractivity contribution in [1.82, 2.24) is 15.0 Å². The van der Waals surface area contributed by atoms with Crippen molar-refractivity contribution in [2.75, 3.05) is 14.2 Å². The Kier molecular flexibility index (Phi) is 6.68. The van der Waals surface area contributed by atoms with Crippen LogP contribution >= 0.6 is 0 Å². The number of nitrogens with one attached hydrogen (secondary N) is 1. The van der Waals surface area contributed by atoms with Crippen molar-refractivity contribution in [3.05, 3.63) is 88.7 Å². The minimum Gasteiger partial charge on any atom is -0.493 e. The number of para-hydroxylation sites is 1. The zero-order valence-corrected chi connectivity index (χ0v) is 19.1. The summed E-state index contributed by atoms with van der Waals surface area (Å²) in [5.74, 6) is 1.10. The van der Waals surface area contributed by atoms with Crippen LogP contribution in [0, 0.1) is 0 Å². The number of amides is 1. The Balaban J connectivity index is 1.65. The fraction of sp³-hybridized carbons (Fsp3) is 0.154. The Bertz CT molecular complexity index is 1410. The lowest BCUT2D eigenvalue weighted by Crippen LogP contribution is -2.35. The van der Waals surface area contributed by atoms with E-state index in [0.29, 0.717) is 33.8 Å². The van der Waals surface area contributed by atoms with Crippen molar-refractivity contribution < 1.29 is 14.3 Å². The number of fused-ring (bicyclic) bond motifs is 1. The Morgan fingerprint density at radius 2 is 1.71 bits per heavy atom. The zero-order chi connectivity index (χ0) is 24.1. The van der Waals surface area contributed by atoms with Gasteiger partial charge in [0.2, 0.25) is 0 Å². The highest BCUT2D eigenvalue weighted by Crippen LogP contribution is 2.27. The van der Waals surface area contributed by atoms with E-state index in [9.17, 15) is 9.59 Å². The standard InChI is InChI=1S/C26H24N4O4/c1-17(25(31)29-27-16-18-13-14-22(33-2)23(15-18)34-3)30-24(19-9-5-4-6-10-19)28-21-12-8-7-11-20(21)26(30)32/h4-17H,1-3H3,(H,29,31)/b27-16+/t17-/m1/s1. The fourth-order valence-electron chi connectivity index (χ4n) is 3.61. The fourth-order valence-corrected chi connectivity index (χ4v) is 3.61. The van der Waals surface area contributed by atoms with Crippen molar-refractivity contribution in [2.45, 2.75) is 13.0 Å². The van der Waals surface area contributed by atoms with Gasteiger partial charge >= 0.3 is 0 Å². The van der Waals surface area contributed by atoms with Gasteiger partial charge in [0.05, 0.1) is 31.3 Å². The maximum Gasteiger partial charge on any atom is 0.263 e. The van der Waals surface area contributed by atoms with Gasteiger partial charge in [0.25, 0.3) is 11.5 Å². The minimum absolute atomic E-state index is 0.295. The van der Waals surface area contributed by atoms with E-state index < -0.39 is 11.9 Å². The molecule has 0 saturated heterocycles. The molecule has 0 saturated carbocycles. The molecular formula is C26H24N4O4. The van der Waals surface area contributed by atoms with Gasteiger partial charge in [-0.25, -0.2) is 10.4 Å². The Labute approximate surface area is 196 Å². The van der Waals surface area contributed by atoms with Crippen molar-refractivity contribution in [3.63, 3.8) is 0 Å². The highest BCUT2D eigenvalue weighted by molar-refractivity contribution is 5.86. The van der Waals surface area contributed by atoms with Gasteiger partial charge in [0, 0.05) is 5.56 Å². The topological polar surface area (TPSA) is 94.8 Å². The number of hydrogen-bond donors (Lipinski definition) is 1. The molecule has 0 aliphatic heterocycles. The van der Waals surface area contributed by atoms with Gasteiger partial charge in [-0.1, -0.05) is 42.5 Å². The number of ether oxygens (including phenoxy) is 2. The Morgan fingerprint density at radius 3 is 2.44 bits per heavy atom. The number of nitrogens with zero attached hydrogens (tertiary/aromatic N) is 3. The molecule has 4 aromatic rings. The van der Waals surface area contributed by atoms with Gasteiger partial charge < -0.3 is 9.47 Å². The number of methoxy groups -OCH3 is 2. The molecule has 34 heavy (non-hydrogen) atoms. The van der Waals surface area contributed by atoms with Crippen LogP contribution in [0.1, 0.15) is 18.5 Å². The first-order valence-corrected chi connectivity index (χ1v) is 10.6. The number of hydrogen-bond acceptors (Lipinski definition) is 6. The van der Waals surface area contributed by atoms with E-state index in [4.69, 9.17) is 14.5 Å². The van der Waals surface area contributed by atoms with Gasteiger partial charge in [-0.3, -0.25) is 14.2 Å². The Morgan fingerprint density at radius 1 is 1.00 bits per heavy atom. The van der Waals surface area contributed by atoms with Crippen LogP contribution in [0.4, 0.5) is 0 Å². The number of hydrazone groups is 1. The molecule has 0 unspecified atom stereocenters. The van der Waals surface area contributed by atoms with Crippen molar-refractivity contribution in [2.24, 2.45) is 5.10 Å². The normalized spacial score (nSPS) is 12.0. The van der Waals surface area contributed by atoms with Crippen LogP contribution in [0.5, 0.6) is 11.5 Å². The third kappa shape index (κ3) is 4.52. The average Bonchev–Trinajstić information content (AvgIpc) is 2.88. The predicted octanol–water partition coefficient (Wildman–Crippen LogP) is 3.79. The highest BCUT2D eigenvalue weighted by atomic mass is 16.5. The van der Waals surface area contributed by atoms with Gasteiger partial charge in [0.1, 0.15) is 11.9 Å². The zero-order valence-electron chi connectivity index (χ0n) is 19.1. The third-order valence-corrected chi connectivity index (χ3v) is 5.40. The maximum absolute atomic E-state index is 13.4. The van der Waals surface area contributed by atoms with Crippen LogP contribution in [0.3, 0.4) is 0 Å². The summed E-state index contributed by atoms with van der Waals surface area (Å²) in [6.07, 6.45) is 1.49. The van der Waals surface area contributed by atoms with E-state index in [1.807, 2.05) is 36.4 Å². The number of carbonyl (C=O) groups is 1. The quantitative estimate of drug-likeness (QED) is 0.337. The molecule has 0 bridgehead atoms. The van der Waals surface area contributed by atoms with Gasteiger partial charge in [-0.2, -0.15) is 5.10 Å². The molecule has 0 fully saturated rings. The molecule has 8 heteroatoms. The molecule has 1 atom stereocenters. The van der Waals surface area contributed by atoms with Crippen LogP contribution in [0.25, 0.3) is 22.3 Å². The van der Waals surface area contributed by atoms with Crippen LogP contribution in [-0.2, 0) is 4.79 Å². The number of benzene rings is 3. The van der Waals surface area contributed by atoms with Gasteiger partial charge in [0.15, 0.2) is 11.5 Å². The molecule has 0 aliphatic rings. The summed E-state index contributed by atoms with van der Waals surface area (Å²) in [7, 11) is 3.10. The van der Waals surface area contributed by atoms with Gasteiger partial charge in [-0.15, -0.1) is 0 Å². The van der Waals surface area contributed by atoms with E-state index in [0.717, 1.165) is 5.56 Å². The van der Waals surface area contributed by atoms with E-state index in [2.05, 4.69) is 10.5 Å². The number of rotatable bonds is 7. The minimum atomic E-state index is -0.859. The molecule has 0 aliphatic carbocycles. The molecule has 1 amide bonds. The maximum atomic E-state index is 13.4. The molecule has 1 N–H and O–H groups in total. The van der Waals surface area contributed by atoms with E-state index in [-0.39, 0.29) is 5.56 Å². The third-order valence-electron chi connectivity index (χ3n) is 5.40. The van der Waals surface area contributed by atoms with Crippen LogP contribution in [-0.4, -0.2) is 35.9 Å². The van der Waals surface area contributed by atoms with Crippen LogP contribution in [0.2, 0.25) is 0 Å². The molecule has 1 aromatic heterocycles. The molecule has 0 spiro atoms. The number of carbonyl (C=O) groups excluding carboxylic acids is 1. The molecule has 4 rings (SSSR count). The first-order chi connectivity index (χ1) is 16.5. The molecule has 8 nitrogen and oxygen atoms in total. The summed E-state index contributed by atoms with van der Waals surface area (Å²) in [5, 5.41) is 4.50. The monoisotopic (exact) mass is 456 g/mol. The molecule has 172 valence electrons. The van der Waals surface area contributed by atoms with Crippen LogP contribution in [0.15, 0.2) is 82.7 Å². The second-order valence-electron chi connectivity index (χ2n) is 7.52. The van der Waals surface area contributed by atoms with E-state index >= 15 is 0 Å². The average molecular weight is 457 g/mol.